The predicted octanol–water partition coefficient (Wildman–Crippen LogP) is 2.48. The molecule has 0 aliphatic carbocycles. The average Bonchev–Trinajstić information content (AvgIpc) is 3.10. The van der Waals surface area contributed by atoms with E-state index in [0.29, 0.717) is 22.4 Å². The average molecular weight is 506 g/mol. The van der Waals surface area contributed by atoms with Gasteiger partial charge in [0.15, 0.2) is 0 Å². The van der Waals surface area contributed by atoms with Crippen molar-refractivity contribution < 1.29 is 14.0 Å². The van der Waals surface area contributed by atoms with E-state index in [1.807, 2.05) is 11.5 Å². The van der Waals surface area contributed by atoms with Crippen LogP contribution in [0.2, 0.25) is 0 Å². The lowest BCUT2D eigenvalue weighted by atomic mass is 10.1. The lowest BCUT2D eigenvalue weighted by Gasteiger charge is -2.34. The predicted molar refractivity (Wildman–Crippen MR) is 125 cm³/mol. The second kappa shape index (κ2) is 9.72. The summed E-state index contributed by atoms with van der Waals surface area (Å²) in [7, 11) is 2.12. The van der Waals surface area contributed by atoms with Gasteiger partial charge in [-0.3, -0.25) is 14.5 Å². The lowest BCUT2D eigenvalue weighted by molar-refractivity contribution is -0.122. The van der Waals surface area contributed by atoms with Gasteiger partial charge >= 0.3 is 0 Å². The zero-order valence-corrected chi connectivity index (χ0v) is 20.0. The second-order valence-electron chi connectivity index (χ2n) is 8.75. The summed E-state index contributed by atoms with van der Waals surface area (Å²) in [6.45, 7) is 7.31. The molecule has 2 amide bonds. The highest BCUT2D eigenvalue weighted by atomic mass is 79.9. The van der Waals surface area contributed by atoms with Gasteiger partial charge in [-0.2, -0.15) is 0 Å². The van der Waals surface area contributed by atoms with Crippen molar-refractivity contribution in [2.45, 2.75) is 25.4 Å². The molecule has 1 saturated heterocycles. The third kappa shape index (κ3) is 5.05. The SMILES string of the molecule is CC(CN1CCN(C)CC1)NC(=O)C[C@H]1CNC(=O)c2cc(-c3cccc(F)c3)c(Br)n21. The van der Waals surface area contributed by atoms with Gasteiger partial charge in [-0.15, -0.1) is 0 Å². The molecule has 172 valence electrons. The molecule has 3 heterocycles. The Hall–Kier alpha value is -2.23. The highest BCUT2D eigenvalue weighted by molar-refractivity contribution is 9.10. The van der Waals surface area contributed by atoms with E-state index in [9.17, 15) is 14.0 Å². The van der Waals surface area contributed by atoms with Gasteiger partial charge in [-0.05, 0) is 53.7 Å². The smallest absolute Gasteiger partial charge is 0.268 e. The molecule has 2 aromatic rings. The number of rotatable bonds is 6. The van der Waals surface area contributed by atoms with Gasteiger partial charge in [0.05, 0.1) is 10.6 Å². The van der Waals surface area contributed by atoms with Gasteiger partial charge in [-0.25, -0.2) is 4.39 Å². The van der Waals surface area contributed by atoms with Crippen LogP contribution in [0.25, 0.3) is 11.1 Å². The van der Waals surface area contributed by atoms with E-state index in [-0.39, 0.29) is 36.1 Å². The van der Waals surface area contributed by atoms with Crippen molar-refractivity contribution in [2.24, 2.45) is 0 Å². The molecule has 4 rings (SSSR count). The minimum atomic E-state index is -0.340. The number of nitrogens with one attached hydrogen (secondary N) is 2. The molecule has 0 spiro atoms. The van der Waals surface area contributed by atoms with Crippen molar-refractivity contribution in [2.75, 3.05) is 46.3 Å². The fourth-order valence-electron chi connectivity index (χ4n) is 4.46. The molecule has 9 heteroatoms. The highest BCUT2D eigenvalue weighted by Gasteiger charge is 2.31. The van der Waals surface area contributed by atoms with Crippen LogP contribution in [0.15, 0.2) is 34.9 Å². The van der Waals surface area contributed by atoms with Gasteiger partial charge < -0.3 is 20.1 Å². The summed E-state index contributed by atoms with van der Waals surface area (Å²) < 4.78 is 16.3. The minimum absolute atomic E-state index is 0.0412. The molecule has 1 aromatic carbocycles. The quantitative estimate of drug-likeness (QED) is 0.632. The Balaban J connectivity index is 1.44. The molecule has 1 unspecified atom stereocenters. The third-order valence-corrected chi connectivity index (χ3v) is 6.97. The molecule has 32 heavy (non-hydrogen) atoms. The maximum absolute atomic E-state index is 13.7. The Morgan fingerprint density at radius 1 is 1.28 bits per heavy atom. The summed E-state index contributed by atoms with van der Waals surface area (Å²) in [5, 5.41) is 5.98. The van der Waals surface area contributed by atoms with Gasteiger partial charge in [0.1, 0.15) is 11.5 Å². The van der Waals surface area contributed by atoms with Crippen molar-refractivity contribution >= 4 is 27.7 Å². The topological polar surface area (TPSA) is 69.6 Å². The number of aromatic nitrogens is 1. The summed E-state index contributed by atoms with van der Waals surface area (Å²) in [4.78, 5) is 30.0. The molecule has 1 fully saturated rings. The van der Waals surface area contributed by atoms with E-state index in [1.165, 1.54) is 12.1 Å². The van der Waals surface area contributed by atoms with Gasteiger partial charge in [0.25, 0.3) is 5.91 Å². The third-order valence-electron chi connectivity index (χ3n) is 6.16. The molecule has 1 aromatic heterocycles. The number of carbonyl (C=O) groups is 2. The normalized spacial score (nSPS) is 20.5. The van der Waals surface area contributed by atoms with Crippen LogP contribution in [-0.4, -0.2) is 78.5 Å². The molecule has 2 aliphatic heterocycles. The Morgan fingerprint density at radius 2 is 2.03 bits per heavy atom. The number of piperazine rings is 1. The van der Waals surface area contributed by atoms with Crippen LogP contribution in [-0.2, 0) is 4.79 Å². The van der Waals surface area contributed by atoms with Crippen LogP contribution >= 0.6 is 15.9 Å². The van der Waals surface area contributed by atoms with Crippen molar-refractivity contribution in [3.05, 3.63) is 46.4 Å². The zero-order valence-electron chi connectivity index (χ0n) is 18.4. The minimum Gasteiger partial charge on any atom is -0.352 e. The summed E-state index contributed by atoms with van der Waals surface area (Å²) in [6, 6.07) is 7.82. The Morgan fingerprint density at radius 3 is 2.75 bits per heavy atom. The summed E-state index contributed by atoms with van der Waals surface area (Å²) >= 11 is 3.60. The number of halogens is 2. The number of fused-ring (bicyclic) bond motifs is 1. The zero-order chi connectivity index (χ0) is 22.8. The molecular formula is C23H29BrFN5O2. The summed E-state index contributed by atoms with van der Waals surface area (Å²) in [6.07, 6.45) is 0.246. The fraction of sp³-hybridized carbons (Fsp3) is 0.478. The maximum atomic E-state index is 13.7. The first-order chi connectivity index (χ1) is 15.3. The molecule has 7 nitrogen and oxygen atoms in total. The maximum Gasteiger partial charge on any atom is 0.268 e. The van der Waals surface area contributed by atoms with Crippen LogP contribution < -0.4 is 10.6 Å². The van der Waals surface area contributed by atoms with Gasteiger partial charge in [-0.1, -0.05) is 12.1 Å². The van der Waals surface area contributed by atoms with Crippen LogP contribution in [0.4, 0.5) is 4.39 Å². The Kier molecular flexibility index (Phi) is 6.97. The van der Waals surface area contributed by atoms with E-state index in [0.717, 1.165) is 38.3 Å². The summed E-state index contributed by atoms with van der Waals surface area (Å²) in [5.41, 5.74) is 1.87. The van der Waals surface area contributed by atoms with E-state index in [2.05, 4.69) is 43.4 Å². The molecule has 2 N–H and O–H groups in total. The van der Waals surface area contributed by atoms with Gasteiger partial charge in [0.2, 0.25) is 5.91 Å². The van der Waals surface area contributed by atoms with E-state index in [1.54, 1.807) is 18.2 Å². The Bertz CT molecular complexity index is 1000. The molecule has 2 atom stereocenters. The van der Waals surface area contributed by atoms with E-state index < -0.39 is 0 Å². The number of likely N-dealkylation sites (N-methyl/N-ethyl adjacent to an activating group) is 1. The van der Waals surface area contributed by atoms with Crippen molar-refractivity contribution in [1.82, 2.24) is 25.0 Å². The number of amides is 2. The van der Waals surface area contributed by atoms with Crippen LogP contribution in [0.5, 0.6) is 0 Å². The molecule has 0 radical (unpaired) electrons. The van der Waals surface area contributed by atoms with E-state index in [4.69, 9.17) is 0 Å². The van der Waals surface area contributed by atoms with Crippen molar-refractivity contribution in [3.63, 3.8) is 0 Å². The van der Waals surface area contributed by atoms with E-state index >= 15 is 0 Å². The number of hydrogen-bond donors (Lipinski definition) is 2. The first-order valence-electron chi connectivity index (χ1n) is 11.0. The monoisotopic (exact) mass is 505 g/mol. The standard InChI is InChI=1S/C23H29BrFN5O2/c1-15(14-29-8-6-28(2)7-9-29)27-21(31)11-18-13-26-23(32)20-12-19(22(24)30(18)20)16-4-3-5-17(25)10-16/h3-5,10,12,15,18H,6-9,11,13-14H2,1-2H3,(H,26,32)(H,27,31)/t15?,18-/m0/s1. The number of carbonyl (C=O) groups excluding carboxylic acids is 2. The largest absolute Gasteiger partial charge is 0.352 e. The number of benzene rings is 1. The fourth-order valence-corrected chi connectivity index (χ4v) is 5.28. The summed E-state index contributed by atoms with van der Waals surface area (Å²) in [5.74, 6) is -0.589. The second-order valence-corrected chi connectivity index (χ2v) is 9.51. The van der Waals surface area contributed by atoms with Crippen molar-refractivity contribution in [1.29, 1.82) is 0 Å². The van der Waals surface area contributed by atoms with Crippen molar-refractivity contribution in [3.8, 4) is 11.1 Å². The number of hydrogen-bond acceptors (Lipinski definition) is 4. The number of nitrogens with zero attached hydrogens (tertiary/aromatic N) is 3. The highest BCUT2D eigenvalue weighted by Crippen LogP contribution is 2.36. The molecule has 0 bridgehead atoms. The Labute approximate surface area is 196 Å². The lowest BCUT2D eigenvalue weighted by Crippen LogP contribution is -2.50. The molecule has 2 aliphatic rings. The van der Waals surface area contributed by atoms with Gasteiger partial charge in [0, 0.05) is 57.3 Å². The molecular weight excluding hydrogens is 477 g/mol. The van der Waals surface area contributed by atoms with Crippen LogP contribution in [0.1, 0.15) is 29.9 Å². The first kappa shape index (κ1) is 22.9. The van der Waals surface area contributed by atoms with Crippen LogP contribution in [0.3, 0.4) is 0 Å². The molecule has 0 saturated carbocycles. The first-order valence-corrected chi connectivity index (χ1v) is 11.8. The van der Waals surface area contributed by atoms with Crippen LogP contribution in [0, 0.1) is 5.82 Å².